The molecule has 0 radical (unpaired) electrons. The largest absolute Gasteiger partial charge is 0.469 e. The van der Waals surface area contributed by atoms with Gasteiger partial charge in [0.05, 0.1) is 18.9 Å². The van der Waals surface area contributed by atoms with E-state index < -0.39 is 0 Å². The number of nitrogens with one attached hydrogen (secondary N) is 2. The van der Waals surface area contributed by atoms with Gasteiger partial charge in [0.15, 0.2) is 0 Å². The van der Waals surface area contributed by atoms with E-state index in [1.165, 1.54) is 12.5 Å². The Bertz CT molecular complexity index is 753. The van der Waals surface area contributed by atoms with Gasteiger partial charge in [0.1, 0.15) is 0 Å². The highest BCUT2D eigenvalue weighted by atomic mass is 16.5. The fraction of sp³-hybridized carbons (Fsp3) is 0.400. The number of methoxy groups -OCH3 is 1. The molecule has 1 fully saturated rings. The molecular formula is C20H24N2O3. The van der Waals surface area contributed by atoms with Gasteiger partial charge in [0, 0.05) is 13.1 Å². The van der Waals surface area contributed by atoms with Gasteiger partial charge in [-0.05, 0) is 35.7 Å². The van der Waals surface area contributed by atoms with Crippen molar-refractivity contribution < 1.29 is 14.3 Å². The first-order valence-electron chi connectivity index (χ1n) is 8.71. The molecule has 2 unspecified atom stereocenters. The van der Waals surface area contributed by atoms with Crippen LogP contribution in [0.25, 0.3) is 10.8 Å². The molecule has 1 aliphatic heterocycles. The molecule has 0 spiro atoms. The van der Waals surface area contributed by atoms with Crippen LogP contribution in [-0.4, -0.2) is 38.6 Å². The van der Waals surface area contributed by atoms with Gasteiger partial charge in [-0.2, -0.15) is 0 Å². The van der Waals surface area contributed by atoms with Crippen molar-refractivity contribution in [2.24, 2.45) is 11.8 Å². The van der Waals surface area contributed by atoms with Crippen molar-refractivity contribution in [3.63, 3.8) is 0 Å². The summed E-state index contributed by atoms with van der Waals surface area (Å²) in [7, 11) is 1.39. The number of fused-ring (bicyclic) bond motifs is 1. The normalized spacial score (nSPS) is 18.0. The first kappa shape index (κ1) is 17.4. The van der Waals surface area contributed by atoms with Gasteiger partial charge in [-0.15, -0.1) is 0 Å². The second-order valence-electron chi connectivity index (χ2n) is 6.54. The van der Waals surface area contributed by atoms with E-state index in [4.69, 9.17) is 4.74 Å². The Kier molecular flexibility index (Phi) is 5.66. The van der Waals surface area contributed by atoms with Crippen LogP contribution in [0.3, 0.4) is 0 Å². The van der Waals surface area contributed by atoms with Crippen LogP contribution < -0.4 is 10.6 Å². The van der Waals surface area contributed by atoms with Crippen LogP contribution in [0.1, 0.15) is 12.0 Å². The van der Waals surface area contributed by atoms with Crippen LogP contribution in [-0.2, 0) is 20.7 Å². The van der Waals surface area contributed by atoms with E-state index in [9.17, 15) is 9.59 Å². The number of carbonyl (C=O) groups excluding carboxylic acids is 2. The van der Waals surface area contributed by atoms with Crippen molar-refractivity contribution in [3.05, 3.63) is 48.0 Å². The maximum Gasteiger partial charge on any atom is 0.310 e. The second kappa shape index (κ2) is 8.12. The molecule has 0 aliphatic carbocycles. The minimum Gasteiger partial charge on any atom is -0.469 e. The molecule has 0 saturated carbocycles. The second-order valence-corrected chi connectivity index (χ2v) is 6.54. The predicted octanol–water partition coefficient (Wildman–Crippen LogP) is 1.90. The first-order valence-corrected chi connectivity index (χ1v) is 8.71. The van der Waals surface area contributed by atoms with Crippen molar-refractivity contribution in [1.29, 1.82) is 0 Å². The zero-order valence-electron chi connectivity index (χ0n) is 14.5. The molecule has 1 saturated heterocycles. The number of ether oxygens (including phenoxy) is 1. The average molecular weight is 340 g/mol. The molecule has 5 nitrogen and oxygen atoms in total. The Morgan fingerprint density at radius 2 is 2.04 bits per heavy atom. The van der Waals surface area contributed by atoms with Crippen LogP contribution >= 0.6 is 0 Å². The third-order valence-electron chi connectivity index (χ3n) is 4.78. The van der Waals surface area contributed by atoms with E-state index in [0.29, 0.717) is 19.5 Å². The lowest BCUT2D eigenvalue weighted by atomic mass is 9.96. The van der Waals surface area contributed by atoms with Crippen molar-refractivity contribution >= 4 is 22.6 Å². The van der Waals surface area contributed by atoms with Crippen LogP contribution in [0.2, 0.25) is 0 Å². The highest BCUT2D eigenvalue weighted by molar-refractivity contribution is 5.83. The molecule has 5 heteroatoms. The summed E-state index contributed by atoms with van der Waals surface area (Å²) < 4.78 is 4.93. The van der Waals surface area contributed by atoms with Gasteiger partial charge >= 0.3 is 5.97 Å². The van der Waals surface area contributed by atoms with Crippen molar-refractivity contribution in [2.75, 3.05) is 26.7 Å². The molecule has 0 aromatic heterocycles. The van der Waals surface area contributed by atoms with Gasteiger partial charge in [-0.3, -0.25) is 9.59 Å². The zero-order valence-corrected chi connectivity index (χ0v) is 14.5. The van der Waals surface area contributed by atoms with Crippen molar-refractivity contribution in [1.82, 2.24) is 10.6 Å². The Balaban J connectivity index is 1.67. The quantitative estimate of drug-likeness (QED) is 0.788. The molecule has 1 heterocycles. The number of hydrogen-bond donors (Lipinski definition) is 2. The van der Waals surface area contributed by atoms with Crippen LogP contribution in [0.5, 0.6) is 0 Å². The monoisotopic (exact) mass is 340 g/mol. The Morgan fingerprint density at radius 3 is 2.76 bits per heavy atom. The number of hydrogen-bond acceptors (Lipinski definition) is 4. The summed E-state index contributed by atoms with van der Waals surface area (Å²) in [4.78, 5) is 24.3. The highest BCUT2D eigenvalue weighted by Crippen LogP contribution is 2.18. The van der Waals surface area contributed by atoms with Gasteiger partial charge in [0.2, 0.25) is 5.91 Å². The zero-order chi connectivity index (χ0) is 17.6. The van der Waals surface area contributed by atoms with E-state index in [1.807, 2.05) is 18.2 Å². The fourth-order valence-corrected chi connectivity index (χ4v) is 3.30. The molecule has 25 heavy (non-hydrogen) atoms. The lowest BCUT2D eigenvalue weighted by molar-refractivity contribution is -0.145. The van der Waals surface area contributed by atoms with Gasteiger partial charge < -0.3 is 15.4 Å². The lowest BCUT2D eigenvalue weighted by Crippen LogP contribution is -2.38. The minimum atomic E-state index is -0.385. The van der Waals surface area contributed by atoms with E-state index in [-0.39, 0.29) is 23.7 Å². The number of esters is 1. The fourth-order valence-electron chi connectivity index (χ4n) is 3.30. The molecule has 132 valence electrons. The maximum absolute atomic E-state index is 12.2. The van der Waals surface area contributed by atoms with Gasteiger partial charge in [-0.25, -0.2) is 0 Å². The minimum absolute atomic E-state index is 0.000958. The van der Waals surface area contributed by atoms with E-state index in [1.54, 1.807) is 0 Å². The molecular weight excluding hydrogens is 316 g/mol. The summed E-state index contributed by atoms with van der Waals surface area (Å²) >= 11 is 0. The van der Waals surface area contributed by atoms with Crippen LogP contribution in [0, 0.1) is 11.8 Å². The summed E-state index contributed by atoms with van der Waals surface area (Å²) in [5.74, 6) is -0.668. The van der Waals surface area contributed by atoms with Gasteiger partial charge in [0.25, 0.3) is 0 Å². The molecule has 2 N–H and O–H groups in total. The summed E-state index contributed by atoms with van der Waals surface area (Å²) in [6.45, 7) is 1.88. The van der Waals surface area contributed by atoms with Crippen LogP contribution in [0.4, 0.5) is 0 Å². The topological polar surface area (TPSA) is 67.4 Å². The predicted molar refractivity (Wildman–Crippen MR) is 97.1 cm³/mol. The van der Waals surface area contributed by atoms with Crippen LogP contribution in [0.15, 0.2) is 42.5 Å². The molecule has 3 rings (SSSR count). The molecule has 1 amide bonds. The molecule has 2 aromatic carbocycles. The third-order valence-corrected chi connectivity index (χ3v) is 4.78. The summed E-state index contributed by atoms with van der Waals surface area (Å²) in [5.41, 5.74) is 1.06. The third kappa shape index (κ3) is 4.37. The van der Waals surface area contributed by atoms with Gasteiger partial charge in [-0.1, -0.05) is 42.5 Å². The van der Waals surface area contributed by atoms with E-state index in [0.717, 1.165) is 23.9 Å². The molecule has 2 atom stereocenters. The average Bonchev–Trinajstić information content (AvgIpc) is 3.19. The lowest BCUT2D eigenvalue weighted by Gasteiger charge is -2.17. The Labute approximate surface area is 147 Å². The summed E-state index contributed by atoms with van der Waals surface area (Å²) in [5, 5.41) is 8.41. The molecule has 0 bridgehead atoms. The van der Waals surface area contributed by atoms with E-state index in [2.05, 4.69) is 34.9 Å². The molecule has 1 aliphatic rings. The Morgan fingerprint density at radius 1 is 1.24 bits per heavy atom. The summed E-state index contributed by atoms with van der Waals surface area (Å²) in [6.07, 6.45) is 1.39. The SMILES string of the molecule is COC(=O)C(CNC(=O)C1CCNC1)Cc1ccc2ccccc2c1. The van der Waals surface area contributed by atoms with Crippen molar-refractivity contribution in [2.45, 2.75) is 12.8 Å². The number of carbonyl (C=O) groups is 2. The highest BCUT2D eigenvalue weighted by Gasteiger charge is 2.25. The van der Waals surface area contributed by atoms with E-state index >= 15 is 0 Å². The smallest absolute Gasteiger partial charge is 0.310 e. The van der Waals surface area contributed by atoms with Crippen molar-refractivity contribution in [3.8, 4) is 0 Å². The summed E-state index contributed by atoms with van der Waals surface area (Å²) in [6, 6.07) is 14.3. The maximum atomic E-state index is 12.2. The number of amides is 1. The number of rotatable bonds is 6. The Hall–Kier alpha value is -2.40. The standard InChI is InChI=1S/C20H24N2O3/c1-25-20(24)18(13-22-19(23)17-8-9-21-12-17)11-14-6-7-15-4-2-3-5-16(15)10-14/h2-7,10,17-18,21H,8-9,11-13H2,1H3,(H,22,23). The molecule has 2 aromatic rings. The number of benzene rings is 2. The first-order chi connectivity index (χ1) is 12.2.